The van der Waals surface area contributed by atoms with E-state index < -0.39 is 11.8 Å². The minimum absolute atomic E-state index is 0.229. The van der Waals surface area contributed by atoms with Crippen molar-refractivity contribution in [1.82, 2.24) is 9.13 Å². The number of imidazole rings is 1. The first-order valence-electron chi connectivity index (χ1n) is 7.19. The van der Waals surface area contributed by atoms with E-state index in [4.69, 9.17) is 4.42 Å². The number of benzene rings is 1. The van der Waals surface area contributed by atoms with E-state index in [1.807, 2.05) is 6.07 Å². The Hall–Kier alpha value is -2.98. The molecule has 2 N–H and O–H groups in total. The Bertz CT molecular complexity index is 1050. The van der Waals surface area contributed by atoms with Crippen molar-refractivity contribution in [2.75, 3.05) is 0 Å². The highest BCUT2D eigenvalue weighted by atomic mass is 16.3. The third kappa shape index (κ3) is 1.69. The molecule has 0 fully saturated rings. The van der Waals surface area contributed by atoms with Gasteiger partial charge in [0.05, 0.1) is 11.3 Å². The van der Waals surface area contributed by atoms with Gasteiger partial charge in [0.15, 0.2) is 5.58 Å². The van der Waals surface area contributed by atoms with Gasteiger partial charge in [-0.05, 0) is 31.5 Å². The number of nitriles is 1. The second-order valence-electron chi connectivity index (χ2n) is 5.63. The maximum Gasteiger partial charge on any atom is 0.336 e. The largest absolute Gasteiger partial charge is 0.493 e. The highest BCUT2D eigenvalue weighted by molar-refractivity contribution is 5.91. The lowest BCUT2D eigenvalue weighted by atomic mass is 10.1. The van der Waals surface area contributed by atoms with Crippen LogP contribution in [0.15, 0.2) is 27.4 Å². The number of furan rings is 1. The Labute approximate surface area is 130 Å². The summed E-state index contributed by atoms with van der Waals surface area (Å²) in [4.78, 5) is 12.6. The first-order valence-corrected chi connectivity index (χ1v) is 7.19. The Morgan fingerprint density at radius 1 is 1.43 bits per heavy atom. The Balaban J connectivity index is 2.08. The summed E-state index contributed by atoms with van der Waals surface area (Å²) in [6.45, 7) is 2.11. The van der Waals surface area contributed by atoms with E-state index >= 15 is 0 Å². The SMILES string of the molecule is Cc1cc2c(-n3c(O)c4n(c3=O)CC[C@H]4O)ccc(C#N)c2o1. The van der Waals surface area contributed by atoms with E-state index in [1.54, 1.807) is 25.1 Å². The monoisotopic (exact) mass is 311 g/mol. The number of hydrogen-bond acceptors (Lipinski definition) is 5. The molecule has 4 rings (SSSR count). The molecule has 7 heteroatoms. The smallest absolute Gasteiger partial charge is 0.336 e. The summed E-state index contributed by atoms with van der Waals surface area (Å²) < 4.78 is 8.08. The molecule has 116 valence electrons. The molecule has 0 bridgehead atoms. The molecular weight excluding hydrogens is 298 g/mol. The Morgan fingerprint density at radius 2 is 2.22 bits per heavy atom. The number of aryl methyl sites for hydroxylation is 1. The summed E-state index contributed by atoms with van der Waals surface area (Å²) in [5.41, 5.74) is 0.968. The topological polar surface area (TPSA) is 104 Å². The molecule has 23 heavy (non-hydrogen) atoms. The zero-order valence-electron chi connectivity index (χ0n) is 12.3. The van der Waals surface area contributed by atoms with Crippen molar-refractivity contribution in [1.29, 1.82) is 5.26 Å². The highest BCUT2D eigenvalue weighted by Gasteiger charge is 2.31. The third-order valence-corrected chi connectivity index (χ3v) is 4.24. The van der Waals surface area contributed by atoms with Crippen LogP contribution in [0.3, 0.4) is 0 Å². The quantitative estimate of drug-likeness (QED) is 0.712. The van der Waals surface area contributed by atoms with Gasteiger partial charge in [-0.2, -0.15) is 5.26 Å². The first kappa shape index (κ1) is 13.7. The maximum absolute atomic E-state index is 12.6. The second kappa shape index (κ2) is 4.51. The molecule has 0 aliphatic carbocycles. The van der Waals surface area contributed by atoms with E-state index in [9.17, 15) is 20.3 Å². The summed E-state index contributed by atoms with van der Waals surface area (Å²) in [6, 6.07) is 6.91. The van der Waals surface area contributed by atoms with Crippen molar-refractivity contribution in [2.24, 2.45) is 0 Å². The molecule has 0 unspecified atom stereocenters. The predicted octanol–water partition coefficient (Wildman–Crippen LogP) is 1.71. The number of aromatic nitrogens is 2. The van der Waals surface area contributed by atoms with Gasteiger partial charge < -0.3 is 14.6 Å². The van der Waals surface area contributed by atoms with E-state index in [2.05, 4.69) is 0 Å². The molecule has 0 spiro atoms. The van der Waals surface area contributed by atoms with Gasteiger partial charge in [-0.15, -0.1) is 0 Å². The fraction of sp³-hybridized carbons (Fsp3) is 0.250. The lowest BCUT2D eigenvalue weighted by Crippen LogP contribution is -2.22. The van der Waals surface area contributed by atoms with Crippen LogP contribution in [0.5, 0.6) is 5.88 Å². The van der Waals surface area contributed by atoms with E-state index in [-0.39, 0.29) is 11.6 Å². The first-order chi connectivity index (χ1) is 11.0. The highest BCUT2D eigenvalue weighted by Crippen LogP contribution is 2.35. The van der Waals surface area contributed by atoms with Crippen molar-refractivity contribution < 1.29 is 14.6 Å². The van der Waals surface area contributed by atoms with Gasteiger partial charge in [-0.3, -0.25) is 4.57 Å². The van der Waals surface area contributed by atoms with E-state index in [0.29, 0.717) is 40.9 Å². The van der Waals surface area contributed by atoms with E-state index in [0.717, 1.165) is 4.57 Å². The average molecular weight is 311 g/mol. The van der Waals surface area contributed by atoms with Crippen LogP contribution in [-0.2, 0) is 6.54 Å². The molecule has 3 heterocycles. The van der Waals surface area contributed by atoms with Crippen LogP contribution in [-0.4, -0.2) is 19.3 Å². The molecule has 1 aliphatic heterocycles. The Kier molecular flexibility index (Phi) is 2.68. The van der Waals surface area contributed by atoms with Gasteiger partial charge in [0.2, 0.25) is 5.88 Å². The third-order valence-electron chi connectivity index (χ3n) is 4.24. The minimum Gasteiger partial charge on any atom is -0.493 e. The molecule has 1 aliphatic rings. The fourth-order valence-corrected chi connectivity index (χ4v) is 3.22. The number of rotatable bonds is 1. The summed E-state index contributed by atoms with van der Waals surface area (Å²) in [7, 11) is 0. The van der Waals surface area contributed by atoms with E-state index in [1.165, 1.54) is 4.57 Å². The summed E-state index contributed by atoms with van der Waals surface area (Å²) in [6.07, 6.45) is -0.448. The van der Waals surface area contributed by atoms with Crippen molar-refractivity contribution >= 4 is 11.0 Å². The summed E-state index contributed by atoms with van der Waals surface area (Å²) in [5, 5.41) is 30.1. The summed E-state index contributed by atoms with van der Waals surface area (Å²) >= 11 is 0. The zero-order valence-corrected chi connectivity index (χ0v) is 12.3. The minimum atomic E-state index is -0.857. The molecule has 1 aromatic carbocycles. The molecule has 1 atom stereocenters. The number of fused-ring (bicyclic) bond motifs is 2. The molecule has 0 radical (unpaired) electrons. The van der Waals surface area contributed by atoms with Crippen LogP contribution in [0, 0.1) is 18.3 Å². The van der Waals surface area contributed by atoms with Gasteiger partial charge in [-0.1, -0.05) is 0 Å². The molecular formula is C16H13N3O4. The molecule has 2 aromatic heterocycles. The van der Waals surface area contributed by atoms with Gasteiger partial charge in [0.25, 0.3) is 0 Å². The number of nitrogens with zero attached hydrogens (tertiary/aromatic N) is 3. The summed E-state index contributed by atoms with van der Waals surface area (Å²) in [5.74, 6) is 0.327. The van der Waals surface area contributed by atoms with Gasteiger partial charge in [0, 0.05) is 11.9 Å². The van der Waals surface area contributed by atoms with Crippen LogP contribution < -0.4 is 5.69 Å². The lowest BCUT2D eigenvalue weighted by Gasteiger charge is -2.07. The number of hydrogen-bond donors (Lipinski definition) is 2. The molecule has 3 aromatic rings. The number of aliphatic hydroxyl groups excluding tert-OH is 1. The van der Waals surface area contributed by atoms with Gasteiger partial charge in [-0.25, -0.2) is 9.36 Å². The van der Waals surface area contributed by atoms with Crippen LogP contribution in [0.4, 0.5) is 0 Å². The molecule has 0 saturated carbocycles. The molecule has 7 nitrogen and oxygen atoms in total. The Morgan fingerprint density at radius 3 is 2.91 bits per heavy atom. The lowest BCUT2D eigenvalue weighted by molar-refractivity contribution is 0.175. The number of aromatic hydroxyl groups is 1. The normalized spacial score (nSPS) is 16.7. The van der Waals surface area contributed by atoms with Crippen LogP contribution in [0.25, 0.3) is 16.7 Å². The standard InChI is InChI=1S/C16H13N3O4/c1-8-6-10-11(3-2-9(7-17)14(10)23-8)19-15(21)13-12(20)4-5-18(13)16(19)22/h2-3,6,12,20-21H,4-5H2,1H3/t12-/m1/s1. The van der Waals surface area contributed by atoms with Crippen molar-refractivity contribution in [3.8, 4) is 17.6 Å². The fourth-order valence-electron chi connectivity index (χ4n) is 3.22. The van der Waals surface area contributed by atoms with Crippen molar-refractivity contribution in [3.05, 3.63) is 45.7 Å². The van der Waals surface area contributed by atoms with Crippen LogP contribution in [0.1, 0.15) is 29.5 Å². The number of aliphatic hydroxyl groups is 1. The average Bonchev–Trinajstić information content (AvgIpc) is 3.15. The van der Waals surface area contributed by atoms with Crippen LogP contribution >= 0.6 is 0 Å². The van der Waals surface area contributed by atoms with Crippen molar-refractivity contribution in [3.63, 3.8) is 0 Å². The zero-order chi connectivity index (χ0) is 16.3. The second-order valence-corrected chi connectivity index (χ2v) is 5.63. The van der Waals surface area contributed by atoms with Crippen molar-refractivity contribution in [2.45, 2.75) is 26.0 Å². The van der Waals surface area contributed by atoms with Gasteiger partial charge in [0.1, 0.15) is 23.6 Å². The molecule has 0 amide bonds. The maximum atomic E-state index is 12.6. The van der Waals surface area contributed by atoms with Crippen LogP contribution in [0.2, 0.25) is 0 Å². The predicted molar refractivity (Wildman–Crippen MR) is 80.5 cm³/mol. The van der Waals surface area contributed by atoms with Gasteiger partial charge >= 0.3 is 5.69 Å². The molecule has 0 saturated heterocycles.